The number of halogens is 6. The van der Waals surface area contributed by atoms with Crippen molar-refractivity contribution in [3.05, 3.63) is 76.6 Å². The first-order chi connectivity index (χ1) is 23.7. The Bertz CT molecular complexity index is 1740. The number of alkyl halides is 6. The standard InChI is InChI=1S/C33H32F6N6O5/c1-2-24-15-28(26-14-22(32(34,35)36)3-4-27(26)45(24)31(48)50-8-5-29(46)47)44(19-21-11-20(16-40)12-23(13-21)33(37,38)39)30-41-17-25(18-42-30)43-6-9-49-10-7-43/h3-4,11-14,17-18,24,28H,2,5-10,15,19H2,1H3,(H,46,47)/t24-,28+/m1/s1. The topological polar surface area (TPSA) is 132 Å². The molecule has 2 aliphatic rings. The van der Waals surface area contributed by atoms with Crippen LogP contribution < -0.4 is 14.7 Å². The molecule has 2 aromatic carbocycles. The maximum atomic E-state index is 14.1. The number of hydrogen-bond acceptors (Lipinski definition) is 9. The number of morpholine rings is 1. The zero-order valence-corrected chi connectivity index (χ0v) is 26.7. The van der Waals surface area contributed by atoms with Gasteiger partial charge in [-0.25, -0.2) is 14.8 Å². The van der Waals surface area contributed by atoms with Gasteiger partial charge in [0.05, 0.1) is 72.2 Å². The highest BCUT2D eigenvalue weighted by molar-refractivity contribution is 5.90. The summed E-state index contributed by atoms with van der Waals surface area (Å²) in [5.41, 5.74) is -1.71. The maximum absolute atomic E-state index is 14.1. The van der Waals surface area contributed by atoms with Crippen LogP contribution in [-0.4, -0.2) is 66.1 Å². The van der Waals surface area contributed by atoms with Crippen LogP contribution in [0.3, 0.4) is 0 Å². The molecule has 1 saturated heterocycles. The molecular weight excluding hydrogens is 674 g/mol. The van der Waals surface area contributed by atoms with Crippen LogP contribution in [0.25, 0.3) is 0 Å². The third-order valence-electron chi connectivity index (χ3n) is 8.48. The van der Waals surface area contributed by atoms with Crippen molar-refractivity contribution in [1.29, 1.82) is 5.26 Å². The van der Waals surface area contributed by atoms with Crippen LogP contribution in [0, 0.1) is 11.3 Å². The van der Waals surface area contributed by atoms with Gasteiger partial charge in [0, 0.05) is 25.7 Å². The maximum Gasteiger partial charge on any atom is 0.416 e. The van der Waals surface area contributed by atoms with E-state index in [4.69, 9.17) is 14.6 Å². The molecule has 266 valence electrons. The van der Waals surface area contributed by atoms with Gasteiger partial charge in [-0.15, -0.1) is 0 Å². The molecule has 0 spiro atoms. The SMILES string of the molecule is CC[C@@H]1C[C@H](N(Cc2cc(C#N)cc(C(F)(F)F)c2)c2ncc(N3CCOCC3)cn2)c2cc(C(F)(F)F)ccc2N1C(=O)OCCC(=O)O. The smallest absolute Gasteiger partial charge is 0.416 e. The van der Waals surface area contributed by atoms with E-state index in [1.54, 1.807) is 13.0 Å². The first kappa shape index (κ1) is 36.2. The first-order valence-corrected chi connectivity index (χ1v) is 15.6. The quantitative estimate of drug-likeness (QED) is 0.244. The van der Waals surface area contributed by atoms with E-state index in [1.165, 1.54) is 28.3 Å². The molecule has 0 bridgehead atoms. The summed E-state index contributed by atoms with van der Waals surface area (Å²) in [6.07, 6.45) is -7.79. The summed E-state index contributed by atoms with van der Waals surface area (Å²) in [6, 6.07) is 5.60. The fraction of sp³-hybridized carbons (Fsp3) is 0.424. The van der Waals surface area contributed by atoms with Gasteiger partial charge in [-0.05, 0) is 60.4 Å². The molecule has 0 unspecified atom stereocenters. The van der Waals surface area contributed by atoms with Crippen molar-refractivity contribution in [2.24, 2.45) is 0 Å². The lowest BCUT2D eigenvalue weighted by Crippen LogP contribution is -2.48. The number of rotatable bonds is 9. The van der Waals surface area contributed by atoms with Crippen molar-refractivity contribution in [3.63, 3.8) is 0 Å². The van der Waals surface area contributed by atoms with Gasteiger partial charge < -0.3 is 24.4 Å². The number of hydrogen-bond donors (Lipinski definition) is 1. The number of carboxylic acids is 1. The lowest BCUT2D eigenvalue weighted by Gasteiger charge is -2.44. The van der Waals surface area contributed by atoms with Crippen molar-refractivity contribution in [3.8, 4) is 6.07 Å². The lowest BCUT2D eigenvalue weighted by atomic mass is 9.87. The normalized spacial score (nSPS) is 17.9. The molecule has 3 heterocycles. The number of amides is 1. The summed E-state index contributed by atoms with van der Waals surface area (Å²) in [5, 5.41) is 18.5. The number of carbonyl (C=O) groups is 2. The predicted molar refractivity (Wildman–Crippen MR) is 166 cm³/mol. The van der Waals surface area contributed by atoms with Crippen molar-refractivity contribution < 1.29 is 50.5 Å². The number of carbonyl (C=O) groups excluding carboxylic acids is 1. The Morgan fingerprint density at radius 2 is 1.72 bits per heavy atom. The van der Waals surface area contributed by atoms with E-state index in [2.05, 4.69) is 9.97 Å². The number of nitriles is 1. The minimum atomic E-state index is -4.80. The fourth-order valence-electron chi connectivity index (χ4n) is 6.07. The molecule has 5 rings (SSSR count). The average Bonchev–Trinajstić information content (AvgIpc) is 3.09. The third kappa shape index (κ3) is 8.19. The number of benzene rings is 2. The van der Waals surface area contributed by atoms with Crippen molar-refractivity contribution in [2.75, 3.05) is 47.6 Å². The third-order valence-corrected chi connectivity index (χ3v) is 8.48. The molecule has 1 fully saturated rings. The molecule has 0 aliphatic carbocycles. The van der Waals surface area contributed by atoms with Gasteiger partial charge in [0.1, 0.15) is 6.61 Å². The Morgan fingerprint density at radius 1 is 1.04 bits per heavy atom. The molecule has 2 atom stereocenters. The molecular formula is C33H32F6N6O5. The van der Waals surface area contributed by atoms with Crippen LogP contribution in [0.4, 0.5) is 48.5 Å². The number of anilines is 3. The molecule has 0 radical (unpaired) electrons. The summed E-state index contributed by atoms with van der Waals surface area (Å²) in [5.74, 6) is -1.23. The minimum absolute atomic E-state index is 0.00644. The van der Waals surface area contributed by atoms with E-state index in [1.807, 2.05) is 4.90 Å². The highest BCUT2D eigenvalue weighted by Gasteiger charge is 2.42. The molecule has 17 heteroatoms. The van der Waals surface area contributed by atoms with E-state index in [9.17, 15) is 41.2 Å². The van der Waals surface area contributed by atoms with Crippen molar-refractivity contribution in [1.82, 2.24) is 9.97 Å². The molecule has 0 saturated carbocycles. The van der Waals surface area contributed by atoms with Crippen LogP contribution >= 0.6 is 0 Å². The number of nitrogens with zero attached hydrogens (tertiary/aromatic N) is 6. The second-order valence-electron chi connectivity index (χ2n) is 11.7. The number of aromatic nitrogens is 2. The van der Waals surface area contributed by atoms with Gasteiger partial charge in [-0.2, -0.15) is 31.6 Å². The van der Waals surface area contributed by atoms with Crippen LogP contribution in [0.15, 0.2) is 48.8 Å². The van der Waals surface area contributed by atoms with E-state index in [0.717, 1.165) is 24.3 Å². The van der Waals surface area contributed by atoms with Crippen LogP contribution in [0.2, 0.25) is 0 Å². The highest BCUT2D eigenvalue weighted by atomic mass is 19.4. The Kier molecular flexibility index (Phi) is 10.7. The van der Waals surface area contributed by atoms with E-state index < -0.39 is 60.7 Å². The van der Waals surface area contributed by atoms with Gasteiger partial charge in [-0.3, -0.25) is 9.69 Å². The summed E-state index contributed by atoms with van der Waals surface area (Å²) in [7, 11) is 0. The number of fused-ring (bicyclic) bond motifs is 1. The highest BCUT2D eigenvalue weighted by Crippen LogP contribution is 2.46. The van der Waals surface area contributed by atoms with Crippen molar-refractivity contribution >= 4 is 29.4 Å². The fourth-order valence-corrected chi connectivity index (χ4v) is 6.07. The second kappa shape index (κ2) is 14.8. The Morgan fingerprint density at radius 3 is 2.32 bits per heavy atom. The molecule has 1 amide bonds. The van der Waals surface area contributed by atoms with Crippen LogP contribution in [0.5, 0.6) is 0 Å². The van der Waals surface area contributed by atoms with E-state index >= 15 is 0 Å². The largest absolute Gasteiger partial charge is 0.481 e. The lowest BCUT2D eigenvalue weighted by molar-refractivity contribution is -0.138. The Labute approximate surface area is 282 Å². The second-order valence-corrected chi connectivity index (χ2v) is 11.7. The molecule has 3 aromatic rings. The monoisotopic (exact) mass is 706 g/mol. The Hall–Kier alpha value is -5.11. The first-order valence-electron chi connectivity index (χ1n) is 15.6. The molecule has 1 N–H and O–H groups in total. The van der Waals surface area contributed by atoms with Gasteiger partial charge >= 0.3 is 24.4 Å². The summed E-state index contributed by atoms with van der Waals surface area (Å²) in [4.78, 5) is 38.0. The average molecular weight is 707 g/mol. The van der Waals surface area contributed by atoms with Gasteiger partial charge in [0.15, 0.2) is 0 Å². The Balaban J connectivity index is 1.65. The molecule has 11 nitrogen and oxygen atoms in total. The van der Waals surface area contributed by atoms with Gasteiger partial charge in [-0.1, -0.05) is 6.92 Å². The van der Waals surface area contributed by atoms with Crippen LogP contribution in [0.1, 0.15) is 60.0 Å². The number of carboxylic acid groups (broad SMARTS) is 1. The van der Waals surface area contributed by atoms with Crippen molar-refractivity contribution in [2.45, 2.75) is 57.2 Å². The van der Waals surface area contributed by atoms with E-state index in [-0.39, 0.29) is 47.7 Å². The minimum Gasteiger partial charge on any atom is -0.481 e. The van der Waals surface area contributed by atoms with E-state index in [0.29, 0.717) is 38.1 Å². The summed E-state index contributed by atoms with van der Waals surface area (Å²) >= 11 is 0. The van der Waals surface area contributed by atoms with Gasteiger partial charge in [0.25, 0.3) is 0 Å². The molecule has 2 aliphatic heterocycles. The summed E-state index contributed by atoms with van der Waals surface area (Å²) < 4.78 is 94.5. The van der Waals surface area contributed by atoms with Gasteiger partial charge in [0.2, 0.25) is 5.95 Å². The predicted octanol–water partition coefficient (Wildman–Crippen LogP) is 6.57. The zero-order valence-electron chi connectivity index (χ0n) is 26.7. The molecule has 50 heavy (non-hydrogen) atoms. The number of aliphatic carboxylic acids is 1. The molecule has 1 aromatic heterocycles. The summed E-state index contributed by atoms with van der Waals surface area (Å²) in [6.45, 7) is 2.96. The number of ether oxygens (including phenoxy) is 2. The zero-order chi connectivity index (χ0) is 36.2. The van der Waals surface area contributed by atoms with Crippen LogP contribution in [-0.2, 0) is 33.2 Å².